The van der Waals surface area contributed by atoms with Crippen LogP contribution in [0, 0.1) is 13.8 Å². The number of rotatable bonds is 3. The highest BCUT2D eigenvalue weighted by Crippen LogP contribution is 2.32. The molecule has 0 bridgehead atoms. The molecular formula is C24H18O3. The zero-order valence-corrected chi connectivity index (χ0v) is 15.2. The lowest BCUT2D eigenvalue weighted by atomic mass is 9.92. The fourth-order valence-corrected chi connectivity index (χ4v) is 3.36. The van der Waals surface area contributed by atoms with Crippen LogP contribution in [0.15, 0.2) is 82.0 Å². The molecule has 4 rings (SSSR count). The van der Waals surface area contributed by atoms with Gasteiger partial charge in [-0.1, -0.05) is 65.7 Å². The fourth-order valence-electron chi connectivity index (χ4n) is 3.36. The van der Waals surface area contributed by atoms with Crippen LogP contribution in [0.25, 0.3) is 22.1 Å². The van der Waals surface area contributed by atoms with E-state index in [1.807, 2.05) is 68.4 Å². The molecule has 0 saturated heterocycles. The van der Waals surface area contributed by atoms with Crippen molar-refractivity contribution in [2.45, 2.75) is 13.8 Å². The number of fused-ring (bicyclic) bond motifs is 1. The van der Waals surface area contributed by atoms with Crippen molar-refractivity contribution in [2.75, 3.05) is 0 Å². The van der Waals surface area contributed by atoms with E-state index < -0.39 is 5.63 Å². The lowest BCUT2D eigenvalue weighted by molar-refractivity contribution is 0.103. The molecule has 3 nitrogen and oxygen atoms in total. The van der Waals surface area contributed by atoms with Gasteiger partial charge in [-0.05, 0) is 37.6 Å². The first-order valence-corrected chi connectivity index (χ1v) is 8.79. The van der Waals surface area contributed by atoms with Crippen LogP contribution in [0.5, 0.6) is 0 Å². The predicted molar refractivity (Wildman–Crippen MR) is 107 cm³/mol. The Morgan fingerprint density at radius 1 is 0.815 bits per heavy atom. The van der Waals surface area contributed by atoms with Crippen LogP contribution in [-0.2, 0) is 0 Å². The Balaban J connectivity index is 2.09. The third-order valence-corrected chi connectivity index (χ3v) is 4.63. The molecule has 3 heteroatoms. The summed E-state index contributed by atoms with van der Waals surface area (Å²) in [6, 6.07) is 22.4. The number of carbonyl (C=O) groups is 1. The van der Waals surface area contributed by atoms with E-state index in [0.717, 1.165) is 22.1 Å². The summed E-state index contributed by atoms with van der Waals surface area (Å²) in [6.07, 6.45) is 0. The average Bonchev–Trinajstić information content (AvgIpc) is 2.67. The number of carbonyl (C=O) groups excluding carboxylic acids is 1. The molecule has 0 unspecified atom stereocenters. The van der Waals surface area contributed by atoms with E-state index >= 15 is 0 Å². The van der Waals surface area contributed by atoms with Gasteiger partial charge in [-0.25, -0.2) is 4.79 Å². The van der Waals surface area contributed by atoms with Crippen molar-refractivity contribution in [3.63, 3.8) is 0 Å². The van der Waals surface area contributed by atoms with Crippen molar-refractivity contribution in [1.29, 1.82) is 0 Å². The Kier molecular flexibility index (Phi) is 4.21. The Morgan fingerprint density at radius 3 is 2.30 bits per heavy atom. The van der Waals surface area contributed by atoms with Crippen molar-refractivity contribution in [2.24, 2.45) is 0 Å². The van der Waals surface area contributed by atoms with E-state index in [4.69, 9.17) is 4.42 Å². The first-order valence-electron chi connectivity index (χ1n) is 8.79. The minimum absolute atomic E-state index is 0.0740. The van der Waals surface area contributed by atoms with Gasteiger partial charge in [0.15, 0.2) is 0 Å². The number of aryl methyl sites for hydroxylation is 2. The summed E-state index contributed by atoms with van der Waals surface area (Å²) >= 11 is 0. The Labute approximate surface area is 156 Å². The zero-order valence-electron chi connectivity index (χ0n) is 15.2. The van der Waals surface area contributed by atoms with E-state index in [-0.39, 0.29) is 11.3 Å². The van der Waals surface area contributed by atoms with Gasteiger partial charge in [0.05, 0.1) is 0 Å². The molecular weight excluding hydrogens is 336 g/mol. The summed E-state index contributed by atoms with van der Waals surface area (Å²) in [5.41, 5.74) is 3.85. The van der Waals surface area contributed by atoms with Crippen LogP contribution in [0.3, 0.4) is 0 Å². The minimum Gasteiger partial charge on any atom is -0.422 e. The van der Waals surface area contributed by atoms with E-state index in [9.17, 15) is 9.59 Å². The molecule has 132 valence electrons. The molecule has 0 N–H and O–H groups in total. The van der Waals surface area contributed by atoms with Gasteiger partial charge in [0.2, 0.25) is 5.78 Å². The van der Waals surface area contributed by atoms with Crippen molar-refractivity contribution >= 4 is 16.8 Å². The van der Waals surface area contributed by atoms with Gasteiger partial charge in [0.25, 0.3) is 0 Å². The van der Waals surface area contributed by atoms with E-state index in [0.29, 0.717) is 16.7 Å². The van der Waals surface area contributed by atoms with Gasteiger partial charge in [0, 0.05) is 16.5 Å². The largest absolute Gasteiger partial charge is 0.422 e. The lowest BCUT2D eigenvalue weighted by Crippen LogP contribution is -2.17. The maximum absolute atomic E-state index is 13.3. The van der Waals surface area contributed by atoms with Crippen LogP contribution in [0.1, 0.15) is 27.0 Å². The summed E-state index contributed by atoms with van der Waals surface area (Å²) in [6.45, 7) is 3.89. The van der Waals surface area contributed by atoms with E-state index in [2.05, 4.69) is 0 Å². The van der Waals surface area contributed by atoms with Gasteiger partial charge in [-0.2, -0.15) is 0 Å². The molecule has 0 saturated carbocycles. The summed E-state index contributed by atoms with van der Waals surface area (Å²) in [5.74, 6) is -0.324. The second-order valence-corrected chi connectivity index (χ2v) is 6.70. The molecule has 0 fully saturated rings. The topological polar surface area (TPSA) is 47.3 Å². The van der Waals surface area contributed by atoms with Crippen molar-refractivity contribution < 1.29 is 9.21 Å². The normalized spacial score (nSPS) is 10.9. The standard InChI is InChI=1S/C24H18O3/c1-15-7-6-10-18(13-15)23(25)22-21(17-8-4-3-5-9-17)19-14-16(2)11-12-20(19)27-24(22)26/h3-14H,1-2H3. The number of benzene rings is 3. The molecule has 4 aromatic rings. The molecule has 3 aromatic carbocycles. The SMILES string of the molecule is Cc1cccc(C(=O)c2c(-c3ccccc3)c3cc(C)ccc3oc2=O)c1. The van der Waals surface area contributed by atoms with Gasteiger partial charge >= 0.3 is 5.63 Å². The molecule has 0 aliphatic carbocycles. The predicted octanol–water partition coefficient (Wildman–Crippen LogP) is 5.31. The Bertz CT molecular complexity index is 1220. The Morgan fingerprint density at radius 2 is 1.56 bits per heavy atom. The first kappa shape index (κ1) is 17.0. The molecule has 0 amide bonds. The first-order chi connectivity index (χ1) is 13.0. The molecule has 0 aliphatic rings. The van der Waals surface area contributed by atoms with Crippen molar-refractivity contribution in [1.82, 2.24) is 0 Å². The van der Waals surface area contributed by atoms with E-state index in [1.54, 1.807) is 18.2 Å². The maximum Gasteiger partial charge on any atom is 0.348 e. The minimum atomic E-state index is -0.614. The smallest absolute Gasteiger partial charge is 0.348 e. The highest BCUT2D eigenvalue weighted by Gasteiger charge is 2.23. The molecule has 0 atom stereocenters. The molecule has 27 heavy (non-hydrogen) atoms. The quantitative estimate of drug-likeness (QED) is 0.370. The highest BCUT2D eigenvalue weighted by atomic mass is 16.4. The highest BCUT2D eigenvalue weighted by molar-refractivity contribution is 6.16. The molecule has 0 radical (unpaired) electrons. The molecule has 1 heterocycles. The van der Waals surface area contributed by atoms with Crippen LogP contribution < -0.4 is 5.63 Å². The monoisotopic (exact) mass is 354 g/mol. The maximum atomic E-state index is 13.3. The fraction of sp³-hybridized carbons (Fsp3) is 0.0833. The summed E-state index contributed by atoms with van der Waals surface area (Å²) in [5, 5.41) is 0.761. The average molecular weight is 354 g/mol. The van der Waals surface area contributed by atoms with Crippen molar-refractivity contribution in [3.8, 4) is 11.1 Å². The van der Waals surface area contributed by atoms with Crippen molar-refractivity contribution in [3.05, 3.63) is 105 Å². The van der Waals surface area contributed by atoms with Crippen LogP contribution in [-0.4, -0.2) is 5.78 Å². The zero-order chi connectivity index (χ0) is 19.0. The third kappa shape index (κ3) is 3.08. The van der Waals surface area contributed by atoms with Crippen LogP contribution in [0.2, 0.25) is 0 Å². The second kappa shape index (κ2) is 6.69. The van der Waals surface area contributed by atoms with Gasteiger partial charge in [-0.15, -0.1) is 0 Å². The Hall–Kier alpha value is -3.46. The summed E-state index contributed by atoms with van der Waals surface area (Å²) < 4.78 is 5.51. The number of ketones is 1. The van der Waals surface area contributed by atoms with Crippen LogP contribution >= 0.6 is 0 Å². The second-order valence-electron chi connectivity index (χ2n) is 6.70. The molecule has 0 spiro atoms. The summed E-state index contributed by atoms with van der Waals surface area (Å²) in [4.78, 5) is 26.1. The number of hydrogen-bond donors (Lipinski definition) is 0. The van der Waals surface area contributed by atoms with Crippen LogP contribution in [0.4, 0.5) is 0 Å². The number of hydrogen-bond acceptors (Lipinski definition) is 3. The van der Waals surface area contributed by atoms with E-state index in [1.165, 1.54) is 0 Å². The third-order valence-electron chi connectivity index (χ3n) is 4.63. The van der Waals surface area contributed by atoms with Gasteiger partial charge in [-0.3, -0.25) is 4.79 Å². The molecule has 1 aromatic heterocycles. The lowest BCUT2D eigenvalue weighted by Gasteiger charge is -2.12. The molecule has 0 aliphatic heterocycles. The summed E-state index contributed by atoms with van der Waals surface area (Å²) in [7, 11) is 0. The van der Waals surface area contributed by atoms with Gasteiger partial charge < -0.3 is 4.42 Å². The van der Waals surface area contributed by atoms with Gasteiger partial charge in [0.1, 0.15) is 11.1 Å².